The molecule has 0 atom stereocenters. The molecule has 3 nitrogen and oxygen atoms in total. The lowest BCUT2D eigenvalue weighted by Gasteiger charge is -2.43. The SMILES string of the molecule is CC(C)(C)[Si](OCCC1CCC(S(=O)(=O)c2cccc(Br)c2)CC1)(c1ccccc1)c1ccccc1. The lowest BCUT2D eigenvalue weighted by molar-refractivity contribution is 0.236. The zero-order valence-corrected chi connectivity index (χ0v) is 24.9. The fourth-order valence-corrected chi connectivity index (χ4v) is 12.7. The molecule has 0 saturated heterocycles. The van der Waals surface area contributed by atoms with E-state index in [0.29, 0.717) is 17.4 Å². The molecule has 1 aliphatic rings. The van der Waals surface area contributed by atoms with Crippen LogP contribution in [0.5, 0.6) is 0 Å². The quantitative estimate of drug-likeness (QED) is 0.275. The molecular weight excluding hydrogens is 548 g/mol. The third-order valence-corrected chi connectivity index (χ3v) is 15.4. The average molecular weight is 586 g/mol. The van der Waals surface area contributed by atoms with Crippen molar-refractivity contribution in [2.75, 3.05) is 6.61 Å². The maximum absolute atomic E-state index is 13.2. The topological polar surface area (TPSA) is 43.4 Å². The molecule has 3 aromatic carbocycles. The summed E-state index contributed by atoms with van der Waals surface area (Å²) in [5, 5.41) is 2.27. The van der Waals surface area contributed by atoms with Crippen molar-refractivity contribution in [3.8, 4) is 0 Å². The van der Waals surface area contributed by atoms with Gasteiger partial charge >= 0.3 is 0 Å². The molecule has 0 N–H and O–H groups in total. The van der Waals surface area contributed by atoms with Crippen LogP contribution in [-0.4, -0.2) is 28.6 Å². The second-order valence-electron chi connectivity index (χ2n) is 10.9. The molecule has 0 bridgehead atoms. The molecule has 1 fully saturated rings. The normalized spacial score (nSPS) is 19.2. The molecule has 6 heteroatoms. The maximum Gasteiger partial charge on any atom is 0.261 e. The van der Waals surface area contributed by atoms with Crippen LogP contribution in [0.4, 0.5) is 0 Å². The van der Waals surface area contributed by atoms with Gasteiger partial charge in [0.1, 0.15) is 0 Å². The van der Waals surface area contributed by atoms with E-state index in [2.05, 4.69) is 97.4 Å². The second kappa shape index (κ2) is 11.3. The summed E-state index contributed by atoms with van der Waals surface area (Å²) in [5.74, 6) is 0.497. The predicted octanol–water partition coefficient (Wildman–Crippen LogP) is 6.75. The van der Waals surface area contributed by atoms with Gasteiger partial charge in [-0.1, -0.05) is 103 Å². The highest BCUT2D eigenvalue weighted by Crippen LogP contribution is 2.38. The first-order valence-corrected chi connectivity index (χ1v) is 17.1. The van der Waals surface area contributed by atoms with Crippen LogP contribution in [-0.2, 0) is 14.3 Å². The minimum atomic E-state index is -3.30. The summed E-state index contributed by atoms with van der Waals surface area (Å²) in [5.41, 5.74) is 0. The van der Waals surface area contributed by atoms with Gasteiger partial charge in [0.25, 0.3) is 8.32 Å². The van der Waals surface area contributed by atoms with E-state index in [1.807, 2.05) is 6.07 Å². The molecule has 4 rings (SSSR count). The van der Waals surface area contributed by atoms with Gasteiger partial charge in [0, 0.05) is 11.1 Å². The van der Waals surface area contributed by atoms with Crippen molar-refractivity contribution in [2.45, 2.75) is 68.1 Å². The van der Waals surface area contributed by atoms with Gasteiger partial charge in [0.2, 0.25) is 0 Å². The Morgan fingerprint density at radius 2 is 1.39 bits per heavy atom. The molecule has 1 saturated carbocycles. The third kappa shape index (κ3) is 5.72. The summed E-state index contributed by atoms with van der Waals surface area (Å²) < 4.78 is 34.2. The van der Waals surface area contributed by atoms with Crippen molar-refractivity contribution in [3.63, 3.8) is 0 Å². The van der Waals surface area contributed by atoms with E-state index in [1.54, 1.807) is 18.2 Å². The molecule has 36 heavy (non-hydrogen) atoms. The van der Waals surface area contributed by atoms with Gasteiger partial charge in [-0.15, -0.1) is 0 Å². The van der Waals surface area contributed by atoms with E-state index in [-0.39, 0.29) is 10.3 Å². The van der Waals surface area contributed by atoms with E-state index in [9.17, 15) is 8.42 Å². The van der Waals surface area contributed by atoms with Crippen molar-refractivity contribution in [3.05, 3.63) is 89.4 Å². The molecule has 0 aromatic heterocycles. The van der Waals surface area contributed by atoms with Crippen LogP contribution in [0.1, 0.15) is 52.9 Å². The summed E-state index contributed by atoms with van der Waals surface area (Å²) in [6, 6.07) is 28.6. The fraction of sp³-hybridized carbons (Fsp3) is 0.400. The van der Waals surface area contributed by atoms with Crippen molar-refractivity contribution < 1.29 is 12.8 Å². The van der Waals surface area contributed by atoms with E-state index < -0.39 is 18.2 Å². The van der Waals surface area contributed by atoms with Gasteiger partial charge < -0.3 is 4.43 Å². The number of sulfone groups is 1. The first-order chi connectivity index (χ1) is 17.1. The van der Waals surface area contributed by atoms with E-state index in [4.69, 9.17) is 4.43 Å². The molecule has 0 radical (unpaired) electrons. The highest BCUT2D eigenvalue weighted by Gasteiger charge is 2.50. The molecule has 0 amide bonds. The minimum absolute atomic E-state index is 0.0363. The van der Waals surface area contributed by atoms with Crippen LogP contribution in [0.15, 0.2) is 94.3 Å². The van der Waals surface area contributed by atoms with E-state index >= 15 is 0 Å². The smallest absolute Gasteiger partial charge is 0.261 e. The van der Waals surface area contributed by atoms with Crippen LogP contribution < -0.4 is 10.4 Å². The number of benzene rings is 3. The second-order valence-corrected chi connectivity index (χ2v) is 18.4. The fourth-order valence-electron chi connectivity index (χ4n) is 5.71. The van der Waals surface area contributed by atoms with Gasteiger partial charge in [-0.05, 0) is 71.6 Å². The summed E-state index contributed by atoms with van der Waals surface area (Å²) >= 11 is 3.40. The van der Waals surface area contributed by atoms with Crippen LogP contribution in [0.3, 0.4) is 0 Å². The van der Waals surface area contributed by atoms with Crippen molar-refractivity contribution in [1.29, 1.82) is 0 Å². The molecule has 0 unspecified atom stereocenters. The standard InChI is InChI=1S/C30H37BrO3SSi/c1-30(2,3)36(28-13-6-4-7-14-28,29-15-8-5-9-16-29)34-22-21-24-17-19-26(20-18-24)35(32,33)27-12-10-11-25(31)23-27/h4-16,23-24,26H,17-22H2,1-3H3. The number of halogens is 1. The monoisotopic (exact) mass is 584 g/mol. The highest BCUT2D eigenvalue weighted by molar-refractivity contribution is 9.10. The highest BCUT2D eigenvalue weighted by atomic mass is 79.9. The lowest BCUT2D eigenvalue weighted by atomic mass is 9.87. The van der Waals surface area contributed by atoms with Gasteiger partial charge in [-0.3, -0.25) is 0 Å². The summed E-state index contributed by atoms with van der Waals surface area (Å²) in [6.45, 7) is 7.60. The zero-order valence-electron chi connectivity index (χ0n) is 21.5. The molecule has 0 spiro atoms. The van der Waals surface area contributed by atoms with E-state index in [1.165, 1.54) is 10.4 Å². The Balaban J connectivity index is 1.45. The Morgan fingerprint density at radius 1 is 0.833 bits per heavy atom. The van der Waals surface area contributed by atoms with Gasteiger partial charge in [-0.2, -0.15) is 0 Å². The number of hydrogen-bond donors (Lipinski definition) is 0. The summed E-state index contributed by atoms with van der Waals surface area (Å²) in [6.07, 6.45) is 4.27. The van der Waals surface area contributed by atoms with E-state index in [0.717, 1.165) is 36.6 Å². The molecular formula is C30H37BrO3SSi. The summed E-state index contributed by atoms with van der Waals surface area (Å²) in [4.78, 5) is 0.426. The Kier molecular flexibility index (Phi) is 8.60. The third-order valence-electron chi connectivity index (χ3n) is 7.62. The van der Waals surface area contributed by atoms with Crippen molar-refractivity contribution >= 4 is 44.5 Å². The minimum Gasteiger partial charge on any atom is -0.407 e. The molecule has 3 aromatic rings. The van der Waals surface area contributed by atoms with Gasteiger partial charge in [0.05, 0.1) is 10.1 Å². The Morgan fingerprint density at radius 3 is 1.89 bits per heavy atom. The molecule has 1 aliphatic carbocycles. The number of hydrogen-bond acceptors (Lipinski definition) is 3. The maximum atomic E-state index is 13.2. The molecule has 192 valence electrons. The van der Waals surface area contributed by atoms with Crippen molar-refractivity contribution in [1.82, 2.24) is 0 Å². The van der Waals surface area contributed by atoms with Gasteiger partial charge in [-0.25, -0.2) is 8.42 Å². The van der Waals surface area contributed by atoms with Crippen LogP contribution in [0.2, 0.25) is 5.04 Å². The molecule has 0 aliphatic heterocycles. The largest absolute Gasteiger partial charge is 0.407 e. The average Bonchev–Trinajstić information content (AvgIpc) is 2.87. The van der Waals surface area contributed by atoms with Gasteiger partial charge in [0.15, 0.2) is 9.84 Å². The molecule has 0 heterocycles. The summed E-state index contributed by atoms with van der Waals surface area (Å²) in [7, 11) is -5.82. The Labute approximate surface area is 226 Å². The lowest BCUT2D eigenvalue weighted by Crippen LogP contribution is -2.66. The predicted molar refractivity (Wildman–Crippen MR) is 155 cm³/mol. The van der Waals surface area contributed by atoms with Crippen LogP contribution in [0.25, 0.3) is 0 Å². The van der Waals surface area contributed by atoms with Crippen LogP contribution in [0, 0.1) is 5.92 Å². The first-order valence-electron chi connectivity index (χ1n) is 12.9. The Hall–Kier alpha value is -1.73. The first kappa shape index (κ1) is 27.3. The van der Waals surface area contributed by atoms with Crippen molar-refractivity contribution in [2.24, 2.45) is 5.92 Å². The number of rotatable bonds is 8. The Bertz CT molecular complexity index is 1190. The zero-order chi connectivity index (χ0) is 25.8. The van der Waals surface area contributed by atoms with Crippen LogP contribution >= 0.6 is 15.9 Å².